The zero-order valence-electron chi connectivity index (χ0n) is 14.3. The molecule has 0 aliphatic heterocycles. The van der Waals surface area contributed by atoms with Gasteiger partial charge in [-0.05, 0) is 30.7 Å². The highest BCUT2D eigenvalue weighted by Crippen LogP contribution is 2.26. The number of nitrogens with one attached hydrogen (secondary N) is 1. The van der Waals surface area contributed by atoms with Gasteiger partial charge in [-0.1, -0.05) is 18.2 Å². The van der Waals surface area contributed by atoms with Crippen molar-refractivity contribution in [1.82, 2.24) is 4.98 Å². The van der Waals surface area contributed by atoms with Crippen molar-refractivity contribution in [3.05, 3.63) is 67.1 Å². The van der Waals surface area contributed by atoms with Crippen LogP contribution in [0.15, 0.2) is 29.1 Å². The van der Waals surface area contributed by atoms with Gasteiger partial charge in [0.15, 0.2) is 0 Å². The lowest BCUT2D eigenvalue weighted by Gasteiger charge is -2.06. The maximum absolute atomic E-state index is 12.1. The van der Waals surface area contributed by atoms with E-state index in [0.29, 0.717) is 12.4 Å². The van der Waals surface area contributed by atoms with Crippen LogP contribution in [0.1, 0.15) is 29.3 Å². The molecular weight excluding hydrogens is 338 g/mol. The van der Waals surface area contributed by atoms with E-state index in [0.717, 1.165) is 5.56 Å². The number of rotatable bonds is 7. The van der Waals surface area contributed by atoms with E-state index in [1.807, 2.05) is 6.92 Å². The van der Waals surface area contributed by atoms with Crippen LogP contribution in [0.3, 0.4) is 0 Å². The minimum Gasteiger partial charge on any atom is -0.494 e. The molecule has 0 atom stereocenters. The minimum atomic E-state index is -0.698. The fourth-order valence-electron chi connectivity index (χ4n) is 2.42. The lowest BCUT2D eigenvalue weighted by atomic mass is 10.1. The molecule has 0 bridgehead atoms. The number of aromatic amines is 1. The third kappa shape index (κ3) is 4.15. The van der Waals surface area contributed by atoms with Gasteiger partial charge in [-0.25, -0.2) is 0 Å². The van der Waals surface area contributed by atoms with Gasteiger partial charge in [-0.15, -0.1) is 0 Å². The van der Waals surface area contributed by atoms with Crippen LogP contribution in [0.25, 0.3) is 12.2 Å². The maximum atomic E-state index is 12.1. The molecule has 1 aromatic heterocycles. The predicted octanol–water partition coefficient (Wildman–Crippen LogP) is 2.87. The molecule has 0 saturated heterocycles. The second kappa shape index (κ2) is 8.60. The van der Waals surface area contributed by atoms with Gasteiger partial charge < -0.3 is 14.5 Å². The SMILES string of the molecule is CCOc1ccc(/C=C/c2[nH]c(=O)c(C#N)c(COC)c2[N+](=O)[O-])cc1. The maximum Gasteiger partial charge on any atom is 0.299 e. The van der Waals surface area contributed by atoms with Crippen molar-refractivity contribution in [3.63, 3.8) is 0 Å². The molecule has 0 amide bonds. The molecule has 2 aromatic rings. The Morgan fingerprint density at radius 2 is 2.00 bits per heavy atom. The van der Waals surface area contributed by atoms with Gasteiger partial charge in [-0.2, -0.15) is 5.26 Å². The number of hydrogen-bond donors (Lipinski definition) is 1. The first-order chi connectivity index (χ1) is 12.5. The summed E-state index contributed by atoms with van der Waals surface area (Å²) in [4.78, 5) is 25.3. The van der Waals surface area contributed by atoms with Crippen LogP contribution in [0.4, 0.5) is 5.69 Å². The number of pyridine rings is 1. The summed E-state index contributed by atoms with van der Waals surface area (Å²) >= 11 is 0. The first kappa shape index (κ1) is 18.9. The van der Waals surface area contributed by atoms with E-state index in [4.69, 9.17) is 14.7 Å². The van der Waals surface area contributed by atoms with E-state index in [-0.39, 0.29) is 29.1 Å². The van der Waals surface area contributed by atoms with Crippen molar-refractivity contribution in [3.8, 4) is 11.8 Å². The van der Waals surface area contributed by atoms with Crippen LogP contribution in [-0.2, 0) is 11.3 Å². The summed E-state index contributed by atoms with van der Waals surface area (Å²) < 4.78 is 10.3. The molecule has 1 heterocycles. The van der Waals surface area contributed by atoms with E-state index < -0.39 is 10.5 Å². The highest BCUT2D eigenvalue weighted by molar-refractivity contribution is 5.74. The Labute approximate surface area is 149 Å². The van der Waals surface area contributed by atoms with E-state index in [9.17, 15) is 14.9 Å². The second-order valence-corrected chi connectivity index (χ2v) is 5.21. The summed E-state index contributed by atoms with van der Waals surface area (Å²) in [6.07, 6.45) is 3.05. The predicted molar refractivity (Wildman–Crippen MR) is 95.7 cm³/mol. The number of nitrogens with zero attached hydrogens (tertiary/aromatic N) is 2. The monoisotopic (exact) mass is 355 g/mol. The number of H-pyrrole nitrogens is 1. The van der Waals surface area contributed by atoms with E-state index in [1.54, 1.807) is 36.4 Å². The average molecular weight is 355 g/mol. The summed E-state index contributed by atoms with van der Waals surface area (Å²) in [5.74, 6) is 0.713. The summed E-state index contributed by atoms with van der Waals surface area (Å²) in [6, 6.07) is 8.81. The van der Waals surface area contributed by atoms with Crippen molar-refractivity contribution in [2.75, 3.05) is 13.7 Å². The number of benzene rings is 1. The highest BCUT2D eigenvalue weighted by Gasteiger charge is 2.25. The minimum absolute atomic E-state index is 0.0000604. The first-order valence-corrected chi connectivity index (χ1v) is 7.75. The summed E-state index contributed by atoms with van der Waals surface area (Å²) in [5, 5.41) is 20.6. The zero-order valence-corrected chi connectivity index (χ0v) is 14.3. The number of aromatic nitrogens is 1. The molecule has 1 N–H and O–H groups in total. The molecule has 0 fully saturated rings. The molecule has 134 valence electrons. The van der Waals surface area contributed by atoms with Crippen molar-refractivity contribution >= 4 is 17.8 Å². The summed E-state index contributed by atoms with van der Waals surface area (Å²) in [5.41, 5.74) is -0.658. The van der Waals surface area contributed by atoms with E-state index in [1.165, 1.54) is 13.2 Å². The smallest absolute Gasteiger partial charge is 0.299 e. The fourth-order valence-corrected chi connectivity index (χ4v) is 2.42. The number of nitro groups is 1. The van der Waals surface area contributed by atoms with E-state index >= 15 is 0 Å². The third-order valence-corrected chi connectivity index (χ3v) is 3.53. The van der Waals surface area contributed by atoms with Crippen LogP contribution in [-0.4, -0.2) is 23.6 Å². The fraction of sp³-hybridized carbons (Fsp3) is 0.222. The molecule has 0 aliphatic rings. The standard InChI is InChI=1S/C18H17N3O5/c1-3-26-13-7-4-12(5-8-13)6-9-16-17(21(23)24)15(11-25-2)14(10-19)18(22)20-16/h4-9H,3,11H2,1-2H3,(H,20,22)/b9-6+. The Morgan fingerprint density at radius 1 is 1.31 bits per heavy atom. The Balaban J connectivity index is 2.50. The number of methoxy groups -OCH3 is 1. The molecule has 2 rings (SSSR count). The molecule has 1 aromatic carbocycles. The molecule has 8 heteroatoms. The van der Waals surface area contributed by atoms with Crippen molar-refractivity contribution in [2.45, 2.75) is 13.5 Å². The van der Waals surface area contributed by atoms with Crippen molar-refractivity contribution in [2.24, 2.45) is 0 Å². The lowest BCUT2D eigenvalue weighted by molar-refractivity contribution is -0.386. The van der Waals surface area contributed by atoms with Crippen molar-refractivity contribution in [1.29, 1.82) is 5.26 Å². The molecule has 8 nitrogen and oxygen atoms in total. The van der Waals surface area contributed by atoms with Crippen LogP contribution in [0.5, 0.6) is 5.75 Å². The topological polar surface area (TPSA) is 118 Å². The normalized spacial score (nSPS) is 10.7. The first-order valence-electron chi connectivity index (χ1n) is 7.75. The van der Waals surface area contributed by atoms with Crippen LogP contribution >= 0.6 is 0 Å². The van der Waals surface area contributed by atoms with Crippen molar-refractivity contribution < 1.29 is 14.4 Å². The molecule has 0 spiro atoms. The Hall–Kier alpha value is -3.44. The van der Waals surface area contributed by atoms with Crippen LogP contribution in [0.2, 0.25) is 0 Å². The van der Waals surface area contributed by atoms with Crippen LogP contribution in [0, 0.1) is 21.4 Å². The Morgan fingerprint density at radius 3 is 2.54 bits per heavy atom. The summed E-state index contributed by atoms with van der Waals surface area (Å²) in [7, 11) is 1.33. The molecule has 26 heavy (non-hydrogen) atoms. The molecular formula is C18H17N3O5. The number of nitriles is 1. The van der Waals surface area contributed by atoms with Gasteiger partial charge in [0.1, 0.15) is 23.1 Å². The van der Waals surface area contributed by atoms with E-state index in [2.05, 4.69) is 4.98 Å². The number of ether oxygens (including phenoxy) is 2. The van der Waals surface area contributed by atoms with Gasteiger partial charge in [0.25, 0.3) is 11.2 Å². The van der Waals surface area contributed by atoms with Crippen LogP contribution < -0.4 is 10.3 Å². The lowest BCUT2D eigenvalue weighted by Crippen LogP contribution is -2.18. The van der Waals surface area contributed by atoms with Gasteiger partial charge in [0.05, 0.1) is 23.7 Å². The molecule has 0 saturated carbocycles. The van der Waals surface area contributed by atoms with Gasteiger partial charge in [-0.3, -0.25) is 14.9 Å². The quantitative estimate of drug-likeness (QED) is 0.602. The molecule has 0 aliphatic carbocycles. The second-order valence-electron chi connectivity index (χ2n) is 5.21. The molecule has 0 radical (unpaired) electrons. The summed E-state index contributed by atoms with van der Waals surface area (Å²) in [6.45, 7) is 2.22. The van der Waals surface area contributed by atoms with Gasteiger partial charge in [0, 0.05) is 7.11 Å². The number of hydrogen-bond acceptors (Lipinski definition) is 6. The van der Waals surface area contributed by atoms with Gasteiger partial charge in [0.2, 0.25) is 0 Å². The Kier molecular flexibility index (Phi) is 6.25. The zero-order chi connectivity index (χ0) is 19.1. The highest BCUT2D eigenvalue weighted by atomic mass is 16.6. The molecule has 0 unspecified atom stereocenters. The Bertz CT molecular complexity index is 924. The third-order valence-electron chi connectivity index (χ3n) is 3.53. The average Bonchev–Trinajstić information content (AvgIpc) is 2.61. The largest absolute Gasteiger partial charge is 0.494 e. The van der Waals surface area contributed by atoms with Gasteiger partial charge >= 0.3 is 0 Å².